The van der Waals surface area contributed by atoms with Gasteiger partial charge in [-0.05, 0) is 72.2 Å². The maximum Gasteiger partial charge on any atom is 0.267 e. The van der Waals surface area contributed by atoms with Crippen molar-refractivity contribution in [1.29, 1.82) is 0 Å². The zero-order valence-corrected chi connectivity index (χ0v) is 22.7. The number of amidine groups is 1. The van der Waals surface area contributed by atoms with Crippen LogP contribution in [0.2, 0.25) is 0 Å². The molecule has 0 unspecified atom stereocenters. The number of unbranched alkanes of at least 4 members (excludes halogenated alkanes) is 1. The molecule has 0 atom stereocenters. The second kappa shape index (κ2) is 12.0. The molecule has 1 aliphatic heterocycles. The van der Waals surface area contributed by atoms with Crippen molar-refractivity contribution >= 4 is 45.4 Å². The Morgan fingerprint density at radius 1 is 0.973 bits per heavy atom. The van der Waals surface area contributed by atoms with Crippen molar-refractivity contribution in [3.8, 4) is 5.75 Å². The summed E-state index contributed by atoms with van der Waals surface area (Å²) in [5.74, 6) is 0.982. The van der Waals surface area contributed by atoms with Gasteiger partial charge in [0.25, 0.3) is 5.91 Å². The fourth-order valence-corrected chi connectivity index (χ4v) is 6.30. The Labute approximate surface area is 224 Å². The molecule has 5 heteroatoms. The first-order valence-corrected chi connectivity index (χ1v) is 14.6. The van der Waals surface area contributed by atoms with E-state index in [4.69, 9.17) is 9.73 Å². The minimum atomic E-state index is 0.0805. The van der Waals surface area contributed by atoms with Crippen molar-refractivity contribution in [2.75, 3.05) is 6.61 Å². The quantitative estimate of drug-likeness (QED) is 0.224. The maximum atomic E-state index is 13.9. The van der Waals surface area contributed by atoms with E-state index in [9.17, 15) is 4.79 Å². The number of carbonyl (C=O) groups is 1. The van der Waals surface area contributed by atoms with Gasteiger partial charge in [0.2, 0.25) is 0 Å². The first-order chi connectivity index (χ1) is 18.2. The Hall–Kier alpha value is -3.05. The lowest BCUT2D eigenvalue weighted by Gasteiger charge is -2.30. The number of rotatable bonds is 8. The number of ether oxygens (including phenoxy) is 1. The number of hydrogen-bond acceptors (Lipinski definition) is 4. The summed E-state index contributed by atoms with van der Waals surface area (Å²) in [6, 6.07) is 20.9. The average molecular weight is 513 g/mol. The molecule has 1 saturated heterocycles. The first-order valence-electron chi connectivity index (χ1n) is 13.7. The van der Waals surface area contributed by atoms with Crippen LogP contribution in [0, 0.1) is 0 Å². The third-order valence-electron chi connectivity index (χ3n) is 7.33. The van der Waals surface area contributed by atoms with Crippen LogP contribution in [-0.4, -0.2) is 28.6 Å². The molecule has 0 radical (unpaired) electrons. The van der Waals surface area contributed by atoms with Crippen LogP contribution in [0.4, 0.5) is 5.69 Å². The Kier molecular flexibility index (Phi) is 8.30. The van der Waals surface area contributed by atoms with E-state index < -0.39 is 0 Å². The van der Waals surface area contributed by atoms with Gasteiger partial charge in [0.15, 0.2) is 5.17 Å². The van der Waals surface area contributed by atoms with Crippen LogP contribution in [0.25, 0.3) is 16.8 Å². The van der Waals surface area contributed by atoms with Crippen LogP contribution < -0.4 is 4.74 Å². The standard InChI is InChI=1S/C32H36N2O2S/c1-3-5-21-36-29-20-19-24(26-16-10-11-17-27(26)29)22-30-31(35)34(25-14-7-6-8-15-25)32(37-30)33-28-18-12-9-13-23(28)4-2/h9-13,16-20,22,25H,3-8,14-15,21H2,1-2H3/b30-22+,33-32?. The maximum absolute atomic E-state index is 13.9. The van der Waals surface area contributed by atoms with Gasteiger partial charge in [0.05, 0.1) is 17.2 Å². The summed E-state index contributed by atoms with van der Waals surface area (Å²) >= 11 is 1.52. The van der Waals surface area contributed by atoms with Crippen LogP contribution >= 0.6 is 11.8 Å². The highest BCUT2D eigenvalue weighted by Gasteiger charge is 2.38. The molecule has 3 aromatic carbocycles. The minimum absolute atomic E-state index is 0.0805. The lowest BCUT2D eigenvalue weighted by molar-refractivity contribution is -0.124. The van der Waals surface area contributed by atoms with Gasteiger partial charge in [-0.1, -0.05) is 88.1 Å². The molecule has 0 N–H and O–H groups in total. The molecule has 1 heterocycles. The van der Waals surface area contributed by atoms with Gasteiger partial charge in [0.1, 0.15) is 5.75 Å². The second-order valence-corrected chi connectivity index (χ2v) is 10.9. The van der Waals surface area contributed by atoms with Crippen LogP contribution in [0.15, 0.2) is 70.6 Å². The van der Waals surface area contributed by atoms with E-state index >= 15 is 0 Å². The lowest BCUT2D eigenvalue weighted by atomic mass is 9.94. The monoisotopic (exact) mass is 512 g/mol. The molecule has 4 nitrogen and oxygen atoms in total. The molecule has 192 valence electrons. The SMILES string of the molecule is CCCCOc1ccc(/C=C2/SC(=Nc3ccccc3CC)N(C3CCCCC3)C2=O)c2ccccc12. The number of aryl methyl sites for hydroxylation is 1. The van der Waals surface area contributed by atoms with Crippen LogP contribution in [0.3, 0.4) is 0 Å². The van der Waals surface area contributed by atoms with Crippen molar-refractivity contribution in [1.82, 2.24) is 4.90 Å². The number of thioether (sulfide) groups is 1. The Morgan fingerprint density at radius 2 is 1.73 bits per heavy atom. The fraction of sp³-hybridized carbons (Fsp3) is 0.375. The molecular weight excluding hydrogens is 476 g/mol. The molecule has 37 heavy (non-hydrogen) atoms. The van der Waals surface area contributed by atoms with Gasteiger partial charge < -0.3 is 4.74 Å². The van der Waals surface area contributed by atoms with E-state index in [0.717, 1.165) is 69.9 Å². The van der Waals surface area contributed by atoms with Crippen molar-refractivity contribution in [2.45, 2.75) is 71.3 Å². The Bertz CT molecular complexity index is 1320. The molecule has 1 saturated carbocycles. The molecular formula is C32H36N2O2S. The van der Waals surface area contributed by atoms with E-state index in [0.29, 0.717) is 6.61 Å². The van der Waals surface area contributed by atoms with Gasteiger partial charge in [-0.2, -0.15) is 0 Å². The number of aliphatic imine (C=N–C) groups is 1. The lowest BCUT2D eigenvalue weighted by Crippen LogP contribution is -2.40. The van der Waals surface area contributed by atoms with Crippen molar-refractivity contribution < 1.29 is 9.53 Å². The summed E-state index contributed by atoms with van der Waals surface area (Å²) in [7, 11) is 0. The molecule has 3 aromatic rings. The summed E-state index contributed by atoms with van der Waals surface area (Å²) in [4.78, 5) is 21.7. The van der Waals surface area contributed by atoms with Gasteiger partial charge >= 0.3 is 0 Å². The zero-order valence-electron chi connectivity index (χ0n) is 21.9. The van der Waals surface area contributed by atoms with E-state index in [-0.39, 0.29) is 11.9 Å². The molecule has 1 aliphatic carbocycles. The summed E-state index contributed by atoms with van der Waals surface area (Å²) in [5, 5.41) is 2.99. The van der Waals surface area contributed by atoms with Crippen molar-refractivity contribution in [2.24, 2.45) is 4.99 Å². The van der Waals surface area contributed by atoms with Gasteiger partial charge in [-0.3, -0.25) is 9.69 Å². The van der Waals surface area contributed by atoms with E-state index in [2.05, 4.69) is 56.3 Å². The topological polar surface area (TPSA) is 41.9 Å². The number of fused-ring (bicyclic) bond motifs is 1. The predicted octanol–water partition coefficient (Wildman–Crippen LogP) is 8.52. The number of carbonyl (C=O) groups excluding carboxylic acids is 1. The molecule has 2 fully saturated rings. The average Bonchev–Trinajstić information content (AvgIpc) is 3.24. The largest absolute Gasteiger partial charge is 0.493 e. The van der Waals surface area contributed by atoms with E-state index in [1.165, 1.54) is 36.6 Å². The summed E-state index contributed by atoms with van der Waals surface area (Å²) in [6.07, 6.45) is 10.8. The molecule has 0 spiro atoms. The number of nitrogens with zero attached hydrogens (tertiary/aromatic N) is 2. The molecule has 1 amide bonds. The van der Waals surface area contributed by atoms with Crippen LogP contribution in [0.5, 0.6) is 5.75 Å². The predicted molar refractivity (Wildman–Crippen MR) is 157 cm³/mol. The van der Waals surface area contributed by atoms with Gasteiger partial charge in [-0.25, -0.2) is 4.99 Å². The minimum Gasteiger partial charge on any atom is -0.493 e. The van der Waals surface area contributed by atoms with Crippen LogP contribution in [-0.2, 0) is 11.2 Å². The van der Waals surface area contributed by atoms with Crippen LogP contribution in [0.1, 0.15) is 69.9 Å². The zero-order chi connectivity index (χ0) is 25.6. The number of benzene rings is 3. The highest BCUT2D eigenvalue weighted by molar-refractivity contribution is 8.18. The van der Waals surface area contributed by atoms with Gasteiger partial charge in [0, 0.05) is 11.4 Å². The van der Waals surface area contributed by atoms with Gasteiger partial charge in [-0.15, -0.1) is 0 Å². The second-order valence-electron chi connectivity index (χ2n) is 9.85. The van der Waals surface area contributed by atoms with Crippen molar-refractivity contribution in [3.05, 3.63) is 76.7 Å². The Morgan fingerprint density at radius 3 is 2.51 bits per heavy atom. The number of hydrogen-bond donors (Lipinski definition) is 0. The summed E-state index contributed by atoms with van der Waals surface area (Å²) in [6.45, 7) is 5.03. The summed E-state index contributed by atoms with van der Waals surface area (Å²) < 4.78 is 6.09. The normalized spacial score (nSPS) is 18.9. The summed E-state index contributed by atoms with van der Waals surface area (Å²) in [5.41, 5.74) is 3.20. The fourth-order valence-electron chi connectivity index (χ4n) is 5.26. The first kappa shape index (κ1) is 25.6. The third-order valence-corrected chi connectivity index (χ3v) is 8.31. The molecule has 0 aromatic heterocycles. The number of amides is 1. The smallest absolute Gasteiger partial charge is 0.267 e. The van der Waals surface area contributed by atoms with E-state index in [1.54, 1.807) is 0 Å². The third kappa shape index (κ3) is 5.62. The Balaban J connectivity index is 1.53. The highest BCUT2D eigenvalue weighted by atomic mass is 32.2. The van der Waals surface area contributed by atoms with E-state index in [1.807, 2.05) is 29.2 Å². The molecule has 2 aliphatic rings. The number of para-hydroxylation sites is 1. The molecule has 5 rings (SSSR count). The molecule has 0 bridgehead atoms. The highest BCUT2D eigenvalue weighted by Crippen LogP contribution is 2.40. The van der Waals surface area contributed by atoms with Crippen molar-refractivity contribution in [3.63, 3.8) is 0 Å².